The Kier molecular flexibility index (Phi) is 4.46. The van der Waals surface area contributed by atoms with Gasteiger partial charge in [-0.1, -0.05) is 41.9 Å². The van der Waals surface area contributed by atoms with Crippen molar-refractivity contribution < 1.29 is 0 Å². The van der Waals surface area contributed by atoms with E-state index in [2.05, 4.69) is 24.1 Å². The van der Waals surface area contributed by atoms with Crippen LogP contribution in [0.15, 0.2) is 48.5 Å². The first-order valence-corrected chi connectivity index (χ1v) is 6.76. The molecule has 2 N–H and O–H groups in total. The van der Waals surface area contributed by atoms with Crippen LogP contribution >= 0.6 is 11.6 Å². The van der Waals surface area contributed by atoms with Crippen molar-refractivity contribution in [3.05, 3.63) is 64.7 Å². The van der Waals surface area contributed by atoms with Crippen LogP contribution in [0.25, 0.3) is 0 Å². The number of benzene rings is 2. The van der Waals surface area contributed by atoms with Gasteiger partial charge in [0.25, 0.3) is 0 Å². The van der Waals surface area contributed by atoms with Gasteiger partial charge in [-0.2, -0.15) is 0 Å². The second kappa shape index (κ2) is 6.09. The Bertz CT molecular complexity index is 535. The van der Waals surface area contributed by atoms with Gasteiger partial charge in [0, 0.05) is 30.3 Å². The van der Waals surface area contributed by atoms with Gasteiger partial charge >= 0.3 is 0 Å². The summed E-state index contributed by atoms with van der Waals surface area (Å²) in [5.74, 6) is 0. The second-order valence-corrected chi connectivity index (χ2v) is 5.27. The largest absolute Gasteiger partial charge is 0.370 e. The fourth-order valence-corrected chi connectivity index (χ4v) is 2.30. The van der Waals surface area contributed by atoms with E-state index in [0.29, 0.717) is 0 Å². The Labute approximate surface area is 119 Å². The molecule has 0 aliphatic rings. The smallest absolute Gasteiger partial charge is 0.0426 e. The lowest BCUT2D eigenvalue weighted by molar-refractivity contribution is 0.801. The van der Waals surface area contributed by atoms with Gasteiger partial charge in [-0.25, -0.2) is 0 Å². The van der Waals surface area contributed by atoms with Crippen LogP contribution in [0, 0.1) is 0 Å². The minimum Gasteiger partial charge on any atom is -0.370 e. The Morgan fingerprint density at radius 1 is 1.11 bits per heavy atom. The van der Waals surface area contributed by atoms with Crippen molar-refractivity contribution in [1.82, 2.24) is 0 Å². The third-order valence-electron chi connectivity index (χ3n) is 3.17. The first kappa shape index (κ1) is 13.9. The van der Waals surface area contributed by atoms with Crippen LogP contribution in [0.1, 0.15) is 24.1 Å². The lowest BCUT2D eigenvalue weighted by Gasteiger charge is -2.24. The Morgan fingerprint density at radius 3 is 2.37 bits per heavy atom. The van der Waals surface area contributed by atoms with E-state index in [9.17, 15) is 0 Å². The summed E-state index contributed by atoms with van der Waals surface area (Å²) in [5.41, 5.74) is 9.59. The van der Waals surface area contributed by atoms with Crippen molar-refractivity contribution in [2.75, 3.05) is 11.9 Å². The topological polar surface area (TPSA) is 29.3 Å². The van der Waals surface area contributed by atoms with E-state index in [0.717, 1.165) is 11.6 Å². The van der Waals surface area contributed by atoms with Crippen LogP contribution in [0.4, 0.5) is 5.69 Å². The van der Waals surface area contributed by atoms with Gasteiger partial charge < -0.3 is 10.6 Å². The summed E-state index contributed by atoms with van der Waals surface area (Å²) in [7, 11) is 2.08. The van der Waals surface area contributed by atoms with E-state index in [-0.39, 0.29) is 6.04 Å². The molecule has 0 aliphatic heterocycles. The van der Waals surface area contributed by atoms with Crippen molar-refractivity contribution in [2.45, 2.75) is 19.5 Å². The normalized spacial score (nSPS) is 12.2. The van der Waals surface area contributed by atoms with Gasteiger partial charge in [-0.15, -0.1) is 0 Å². The molecule has 0 saturated carbocycles. The molecular formula is C16H19ClN2. The predicted octanol–water partition coefficient (Wildman–Crippen LogP) is 4.00. The molecule has 0 aliphatic carbocycles. The first-order valence-electron chi connectivity index (χ1n) is 6.38. The maximum absolute atomic E-state index is 6.02. The molecule has 100 valence electrons. The third-order valence-corrected chi connectivity index (χ3v) is 3.42. The number of anilines is 1. The highest BCUT2D eigenvalue weighted by Gasteiger charge is 2.10. The summed E-state index contributed by atoms with van der Waals surface area (Å²) in [6, 6.07) is 16.2. The number of para-hydroxylation sites is 1. The number of hydrogen-bond donors (Lipinski definition) is 1. The van der Waals surface area contributed by atoms with E-state index < -0.39 is 0 Å². The Morgan fingerprint density at radius 2 is 1.74 bits per heavy atom. The highest BCUT2D eigenvalue weighted by Crippen LogP contribution is 2.25. The summed E-state index contributed by atoms with van der Waals surface area (Å²) in [5, 5.41) is 0.766. The van der Waals surface area contributed by atoms with E-state index in [4.69, 9.17) is 17.3 Å². The van der Waals surface area contributed by atoms with Crippen LogP contribution < -0.4 is 10.6 Å². The van der Waals surface area contributed by atoms with Crippen molar-refractivity contribution in [1.29, 1.82) is 0 Å². The van der Waals surface area contributed by atoms with Gasteiger partial charge in [0.05, 0.1) is 0 Å². The molecule has 2 nitrogen and oxygen atoms in total. The number of nitrogens with two attached hydrogens (primary N) is 1. The lowest BCUT2D eigenvalue weighted by atomic mass is 10.1. The van der Waals surface area contributed by atoms with Gasteiger partial charge in [-0.05, 0) is 36.2 Å². The van der Waals surface area contributed by atoms with Gasteiger partial charge in [0.2, 0.25) is 0 Å². The van der Waals surface area contributed by atoms with Crippen LogP contribution in [-0.2, 0) is 6.54 Å². The quantitative estimate of drug-likeness (QED) is 0.913. The number of rotatable bonds is 4. The number of halogens is 1. The molecule has 0 amide bonds. The van der Waals surface area contributed by atoms with Crippen molar-refractivity contribution in [2.24, 2.45) is 5.73 Å². The van der Waals surface area contributed by atoms with Crippen LogP contribution in [-0.4, -0.2) is 7.05 Å². The minimum atomic E-state index is 0.0314. The molecule has 1 atom stereocenters. The highest BCUT2D eigenvalue weighted by atomic mass is 35.5. The molecule has 0 radical (unpaired) electrons. The Hall–Kier alpha value is -1.51. The summed E-state index contributed by atoms with van der Waals surface area (Å²) in [6.07, 6.45) is 0. The molecule has 0 unspecified atom stereocenters. The summed E-state index contributed by atoms with van der Waals surface area (Å²) in [6.45, 7) is 2.84. The zero-order chi connectivity index (χ0) is 13.8. The summed E-state index contributed by atoms with van der Waals surface area (Å²) >= 11 is 5.90. The molecule has 0 aromatic heterocycles. The molecule has 2 aromatic rings. The molecule has 0 heterocycles. The molecular weight excluding hydrogens is 256 g/mol. The SMILES string of the molecule is C[C@@H](N)c1ccccc1N(C)Cc1ccc(Cl)cc1. The van der Waals surface area contributed by atoms with Gasteiger partial charge in [0.1, 0.15) is 0 Å². The number of hydrogen-bond acceptors (Lipinski definition) is 2. The molecule has 0 saturated heterocycles. The molecule has 3 heteroatoms. The Balaban J connectivity index is 2.20. The lowest BCUT2D eigenvalue weighted by Crippen LogP contribution is -2.20. The summed E-state index contributed by atoms with van der Waals surface area (Å²) in [4.78, 5) is 2.21. The van der Waals surface area contributed by atoms with Crippen LogP contribution in [0.3, 0.4) is 0 Å². The van der Waals surface area contributed by atoms with E-state index in [1.165, 1.54) is 16.8 Å². The maximum Gasteiger partial charge on any atom is 0.0426 e. The molecule has 19 heavy (non-hydrogen) atoms. The van der Waals surface area contributed by atoms with E-state index in [1.807, 2.05) is 43.3 Å². The fraction of sp³-hybridized carbons (Fsp3) is 0.250. The van der Waals surface area contributed by atoms with Crippen molar-refractivity contribution in [3.63, 3.8) is 0 Å². The molecule has 2 rings (SSSR count). The van der Waals surface area contributed by atoms with Crippen LogP contribution in [0.5, 0.6) is 0 Å². The molecule has 0 spiro atoms. The predicted molar refractivity (Wildman–Crippen MR) is 82.6 cm³/mol. The third kappa shape index (κ3) is 3.49. The van der Waals surface area contributed by atoms with E-state index in [1.54, 1.807) is 0 Å². The second-order valence-electron chi connectivity index (χ2n) is 4.83. The van der Waals surface area contributed by atoms with Gasteiger partial charge in [0.15, 0.2) is 0 Å². The number of nitrogens with zero attached hydrogens (tertiary/aromatic N) is 1. The standard InChI is InChI=1S/C16H19ClN2/c1-12(18)15-5-3-4-6-16(15)19(2)11-13-7-9-14(17)10-8-13/h3-10,12H,11,18H2,1-2H3/t12-/m1/s1. The first-order chi connectivity index (χ1) is 9.08. The summed E-state index contributed by atoms with van der Waals surface area (Å²) < 4.78 is 0. The maximum atomic E-state index is 6.02. The zero-order valence-corrected chi connectivity index (χ0v) is 12.1. The average molecular weight is 275 g/mol. The highest BCUT2D eigenvalue weighted by molar-refractivity contribution is 6.30. The monoisotopic (exact) mass is 274 g/mol. The van der Waals surface area contributed by atoms with Crippen LogP contribution in [0.2, 0.25) is 5.02 Å². The van der Waals surface area contributed by atoms with Gasteiger partial charge in [-0.3, -0.25) is 0 Å². The van der Waals surface area contributed by atoms with Crippen molar-refractivity contribution >= 4 is 17.3 Å². The zero-order valence-electron chi connectivity index (χ0n) is 11.3. The van der Waals surface area contributed by atoms with E-state index >= 15 is 0 Å². The molecule has 0 fully saturated rings. The molecule has 2 aromatic carbocycles. The molecule has 0 bridgehead atoms. The fourth-order valence-electron chi connectivity index (χ4n) is 2.17. The van der Waals surface area contributed by atoms with Crippen molar-refractivity contribution in [3.8, 4) is 0 Å². The average Bonchev–Trinajstić information content (AvgIpc) is 2.41. The minimum absolute atomic E-state index is 0.0314.